The van der Waals surface area contributed by atoms with Crippen LogP contribution in [0.25, 0.3) is 0 Å². The number of aliphatic carboxylic acids is 1. The Kier molecular flexibility index (Phi) is 5.86. The molecular formula is C21H22N2O4. The average Bonchev–Trinajstić information content (AvgIpc) is 3.18. The third kappa shape index (κ3) is 4.53. The molecule has 2 atom stereocenters. The number of rotatable bonds is 6. The molecule has 2 aromatic carbocycles. The van der Waals surface area contributed by atoms with Gasteiger partial charge in [0.2, 0.25) is 5.91 Å². The molecule has 0 saturated carbocycles. The van der Waals surface area contributed by atoms with Crippen LogP contribution < -0.4 is 5.32 Å². The van der Waals surface area contributed by atoms with Crippen LogP contribution >= 0.6 is 0 Å². The van der Waals surface area contributed by atoms with E-state index in [0.717, 1.165) is 5.56 Å². The summed E-state index contributed by atoms with van der Waals surface area (Å²) in [6.45, 7) is 0.488. The normalized spacial score (nSPS) is 17.3. The van der Waals surface area contributed by atoms with E-state index >= 15 is 0 Å². The van der Waals surface area contributed by atoms with E-state index in [1.54, 1.807) is 24.3 Å². The first-order chi connectivity index (χ1) is 13.1. The van der Waals surface area contributed by atoms with Gasteiger partial charge in [0, 0.05) is 18.5 Å². The van der Waals surface area contributed by atoms with Crippen molar-refractivity contribution in [2.75, 3.05) is 6.54 Å². The summed E-state index contributed by atoms with van der Waals surface area (Å²) in [5.41, 5.74) is 1.35. The molecule has 1 heterocycles. The topological polar surface area (TPSA) is 86.7 Å². The van der Waals surface area contributed by atoms with Gasteiger partial charge in [-0.15, -0.1) is 0 Å². The first-order valence-corrected chi connectivity index (χ1v) is 8.99. The molecule has 0 radical (unpaired) electrons. The Labute approximate surface area is 157 Å². The number of hydrogen-bond acceptors (Lipinski definition) is 3. The Morgan fingerprint density at radius 2 is 1.67 bits per heavy atom. The van der Waals surface area contributed by atoms with Crippen LogP contribution in [0.1, 0.15) is 28.8 Å². The first kappa shape index (κ1) is 18.6. The molecule has 1 fully saturated rings. The van der Waals surface area contributed by atoms with Crippen molar-refractivity contribution in [3.05, 3.63) is 71.8 Å². The predicted molar refractivity (Wildman–Crippen MR) is 100 cm³/mol. The second-order valence-corrected chi connectivity index (χ2v) is 6.61. The van der Waals surface area contributed by atoms with Gasteiger partial charge in [0.1, 0.15) is 12.1 Å². The summed E-state index contributed by atoms with van der Waals surface area (Å²) < 4.78 is 0. The molecule has 27 heavy (non-hydrogen) atoms. The van der Waals surface area contributed by atoms with Crippen molar-refractivity contribution in [3.8, 4) is 0 Å². The number of carboxylic acid groups (broad SMARTS) is 1. The molecule has 0 unspecified atom stereocenters. The molecule has 6 nitrogen and oxygen atoms in total. The Balaban J connectivity index is 1.69. The standard InChI is InChI=1S/C21H22N2O4/c24-19(22-17(21(26)27)14-15-8-3-1-4-9-15)18-12-7-13-23(18)20(25)16-10-5-2-6-11-16/h1-6,8-11,17-18H,7,12-14H2,(H,22,24)(H,26,27)/t17-,18+/m0/s1. The summed E-state index contributed by atoms with van der Waals surface area (Å²) in [6, 6.07) is 16.3. The fourth-order valence-corrected chi connectivity index (χ4v) is 3.35. The molecular weight excluding hydrogens is 344 g/mol. The lowest BCUT2D eigenvalue weighted by Crippen LogP contribution is -2.51. The molecule has 3 rings (SSSR count). The third-order valence-electron chi connectivity index (χ3n) is 4.73. The molecule has 140 valence electrons. The lowest BCUT2D eigenvalue weighted by Gasteiger charge is -2.25. The molecule has 2 amide bonds. The van der Waals surface area contributed by atoms with Crippen LogP contribution in [0, 0.1) is 0 Å². The van der Waals surface area contributed by atoms with Gasteiger partial charge in [0.05, 0.1) is 0 Å². The zero-order chi connectivity index (χ0) is 19.2. The van der Waals surface area contributed by atoms with Crippen LogP contribution in [0.4, 0.5) is 0 Å². The predicted octanol–water partition coefficient (Wildman–Crippen LogP) is 2.10. The van der Waals surface area contributed by atoms with E-state index < -0.39 is 24.0 Å². The largest absolute Gasteiger partial charge is 0.480 e. The van der Waals surface area contributed by atoms with Gasteiger partial charge >= 0.3 is 5.97 Å². The summed E-state index contributed by atoms with van der Waals surface area (Å²) in [6.07, 6.45) is 1.44. The Bertz CT molecular complexity index is 807. The molecule has 0 bridgehead atoms. The maximum absolute atomic E-state index is 12.7. The fourth-order valence-electron chi connectivity index (χ4n) is 3.35. The van der Waals surface area contributed by atoms with E-state index in [0.29, 0.717) is 24.9 Å². The zero-order valence-electron chi connectivity index (χ0n) is 14.9. The maximum Gasteiger partial charge on any atom is 0.326 e. The van der Waals surface area contributed by atoms with Crippen molar-refractivity contribution in [3.63, 3.8) is 0 Å². The highest BCUT2D eigenvalue weighted by molar-refractivity contribution is 5.98. The molecule has 2 N–H and O–H groups in total. The van der Waals surface area contributed by atoms with Crippen molar-refractivity contribution < 1.29 is 19.5 Å². The number of amides is 2. The molecule has 6 heteroatoms. The highest BCUT2D eigenvalue weighted by Crippen LogP contribution is 2.20. The van der Waals surface area contributed by atoms with Gasteiger partial charge in [0.15, 0.2) is 0 Å². The fraction of sp³-hybridized carbons (Fsp3) is 0.286. The van der Waals surface area contributed by atoms with Gasteiger partial charge in [-0.05, 0) is 30.5 Å². The van der Waals surface area contributed by atoms with E-state index in [1.165, 1.54) is 4.90 Å². The Hall–Kier alpha value is -3.15. The molecule has 0 aromatic heterocycles. The number of nitrogens with one attached hydrogen (secondary N) is 1. The van der Waals surface area contributed by atoms with E-state index in [-0.39, 0.29) is 12.3 Å². The zero-order valence-corrected chi connectivity index (χ0v) is 14.9. The van der Waals surface area contributed by atoms with E-state index in [1.807, 2.05) is 36.4 Å². The van der Waals surface area contributed by atoms with Crippen molar-refractivity contribution in [1.82, 2.24) is 10.2 Å². The smallest absolute Gasteiger partial charge is 0.326 e. The monoisotopic (exact) mass is 366 g/mol. The molecule has 0 aliphatic carbocycles. The summed E-state index contributed by atoms with van der Waals surface area (Å²) in [5.74, 6) is -1.71. The highest BCUT2D eigenvalue weighted by atomic mass is 16.4. The molecule has 1 aliphatic heterocycles. The lowest BCUT2D eigenvalue weighted by molar-refractivity contribution is -0.142. The Morgan fingerprint density at radius 3 is 2.30 bits per heavy atom. The van der Waals surface area contributed by atoms with Gasteiger partial charge < -0.3 is 15.3 Å². The average molecular weight is 366 g/mol. The molecule has 0 spiro atoms. The second kappa shape index (κ2) is 8.49. The van der Waals surface area contributed by atoms with Crippen LogP contribution in [0.3, 0.4) is 0 Å². The number of nitrogens with zero attached hydrogens (tertiary/aromatic N) is 1. The van der Waals surface area contributed by atoms with Crippen LogP contribution in [-0.2, 0) is 16.0 Å². The molecule has 1 aliphatic rings. The maximum atomic E-state index is 12.7. The molecule has 1 saturated heterocycles. The van der Waals surface area contributed by atoms with E-state index in [9.17, 15) is 19.5 Å². The summed E-state index contributed by atoms with van der Waals surface area (Å²) in [4.78, 5) is 38.6. The highest BCUT2D eigenvalue weighted by Gasteiger charge is 2.36. The minimum Gasteiger partial charge on any atom is -0.480 e. The SMILES string of the molecule is O=C(O)[C@H](Cc1ccccc1)NC(=O)[C@H]1CCCN1C(=O)c1ccccc1. The minimum absolute atomic E-state index is 0.196. The van der Waals surface area contributed by atoms with E-state index in [2.05, 4.69) is 5.32 Å². The summed E-state index contributed by atoms with van der Waals surface area (Å²) >= 11 is 0. The Morgan fingerprint density at radius 1 is 1.04 bits per heavy atom. The number of carbonyl (C=O) groups excluding carboxylic acids is 2. The number of carboxylic acids is 1. The van der Waals surface area contributed by atoms with Crippen molar-refractivity contribution in [1.29, 1.82) is 0 Å². The quantitative estimate of drug-likeness (QED) is 0.820. The van der Waals surface area contributed by atoms with E-state index in [4.69, 9.17) is 0 Å². The van der Waals surface area contributed by atoms with Crippen LogP contribution in [-0.4, -0.2) is 46.4 Å². The minimum atomic E-state index is -1.09. The van der Waals surface area contributed by atoms with Crippen LogP contribution in [0.2, 0.25) is 0 Å². The van der Waals surface area contributed by atoms with Gasteiger partial charge in [-0.1, -0.05) is 48.5 Å². The number of hydrogen-bond donors (Lipinski definition) is 2. The number of benzene rings is 2. The summed E-state index contributed by atoms with van der Waals surface area (Å²) in [7, 11) is 0. The molecule has 2 aromatic rings. The number of likely N-dealkylation sites (tertiary alicyclic amines) is 1. The summed E-state index contributed by atoms with van der Waals surface area (Å²) in [5, 5.41) is 12.1. The van der Waals surface area contributed by atoms with Crippen LogP contribution in [0.5, 0.6) is 0 Å². The van der Waals surface area contributed by atoms with Crippen molar-refractivity contribution >= 4 is 17.8 Å². The second-order valence-electron chi connectivity index (χ2n) is 6.61. The van der Waals surface area contributed by atoms with Crippen molar-refractivity contribution in [2.45, 2.75) is 31.3 Å². The number of carbonyl (C=O) groups is 3. The van der Waals surface area contributed by atoms with Gasteiger partial charge in [-0.2, -0.15) is 0 Å². The van der Waals surface area contributed by atoms with Gasteiger partial charge in [0.25, 0.3) is 5.91 Å². The lowest BCUT2D eigenvalue weighted by atomic mass is 10.1. The first-order valence-electron chi connectivity index (χ1n) is 8.99. The van der Waals surface area contributed by atoms with Gasteiger partial charge in [-0.3, -0.25) is 9.59 Å². The van der Waals surface area contributed by atoms with Gasteiger partial charge in [-0.25, -0.2) is 4.79 Å². The van der Waals surface area contributed by atoms with Crippen LogP contribution in [0.15, 0.2) is 60.7 Å². The third-order valence-corrected chi connectivity index (χ3v) is 4.73. The van der Waals surface area contributed by atoms with Crippen molar-refractivity contribution in [2.24, 2.45) is 0 Å².